The zero-order valence-electron chi connectivity index (χ0n) is 20.9. The van der Waals surface area contributed by atoms with E-state index in [2.05, 4.69) is 11.7 Å². The molecule has 1 aromatic rings. The maximum atomic E-state index is 12.3. The first-order valence-electron chi connectivity index (χ1n) is 10.9. The second-order valence-corrected chi connectivity index (χ2v) is 8.33. The number of aromatic nitrogens is 3. The molecule has 0 saturated heterocycles. The lowest BCUT2D eigenvalue weighted by Crippen LogP contribution is -2.41. The maximum Gasteiger partial charge on any atom is 0.431 e. The molecule has 2 aliphatic heterocycles. The highest BCUT2D eigenvalue weighted by molar-refractivity contribution is 6.19. The van der Waals surface area contributed by atoms with Gasteiger partial charge in [-0.2, -0.15) is 27.1 Å². The number of amides is 3. The molecule has 1 aromatic heterocycles. The fourth-order valence-electron chi connectivity index (χ4n) is 3.78. The molecule has 3 aliphatic rings. The van der Waals surface area contributed by atoms with Crippen LogP contribution in [0.3, 0.4) is 0 Å². The summed E-state index contributed by atoms with van der Waals surface area (Å²) in [5.74, 6) is -0.845. The number of halogens is 5. The van der Waals surface area contributed by atoms with Gasteiger partial charge in [-0.1, -0.05) is 6.58 Å². The molecule has 10 nitrogen and oxygen atoms in total. The number of hydrogen-bond donors (Lipinski definition) is 0. The summed E-state index contributed by atoms with van der Waals surface area (Å²) in [4.78, 5) is 47.8. The molecule has 0 spiro atoms. The number of likely N-dealkylation sites (N-methyl/N-ethyl adjacent to an activating group) is 2. The summed E-state index contributed by atoms with van der Waals surface area (Å²) in [6.07, 6.45) is -0.296. The van der Waals surface area contributed by atoms with E-state index in [1.165, 1.54) is 33.0 Å². The van der Waals surface area contributed by atoms with Crippen LogP contribution >= 0.6 is 0 Å². The molecule has 0 atom stereocenters. The maximum absolute atomic E-state index is 12.3. The third-order valence-corrected chi connectivity index (χ3v) is 5.93. The number of imide groups is 1. The molecule has 0 aromatic carbocycles. The first kappa shape index (κ1) is 29.5. The van der Waals surface area contributed by atoms with Gasteiger partial charge >= 0.3 is 18.4 Å². The number of alkyl halides is 5. The standard InChI is InChI=1S/C9H11NO2.C8H9F3N2O.C5H7F2N3O/c1-10-8(11)6-4-2-3-5-7(6)9(10)12;1-5-12(2)6(8(9,10)11)4-7(14)13(5)3;1-3-8-9(2)5(11)10(3)4(6)7/h2-5H2,1H3;4H,1H2,2-3H3;4H,1-2H3. The lowest BCUT2D eigenvalue weighted by Gasteiger charge is -2.34. The Morgan fingerprint density at radius 1 is 0.892 bits per heavy atom. The number of rotatable bonds is 1. The largest absolute Gasteiger partial charge is 0.431 e. The summed E-state index contributed by atoms with van der Waals surface area (Å²) in [6.45, 7) is 1.93. The zero-order chi connectivity index (χ0) is 28.4. The van der Waals surface area contributed by atoms with Gasteiger partial charge in [0.1, 0.15) is 17.3 Å². The van der Waals surface area contributed by atoms with Crippen molar-refractivity contribution < 1.29 is 36.3 Å². The normalized spacial score (nSPS) is 18.0. The molecule has 37 heavy (non-hydrogen) atoms. The molecule has 3 amide bonds. The predicted molar refractivity (Wildman–Crippen MR) is 121 cm³/mol. The van der Waals surface area contributed by atoms with E-state index in [4.69, 9.17) is 0 Å². The minimum absolute atomic E-state index is 0.00447. The summed E-state index contributed by atoms with van der Waals surface area (Å²) in [5.41, 5.74) is -0.245. The van der Waals surface area contributed by atoms with Crippen molar-refractivity contribution in [3.05, 3.63) is 51.6 Å². The fraction of sp³-hybridized carbons (Fsp3) is 0.500. The van der Waals surface area contributed by atoms with Crippen molar-refractivity contribution in [2.24, 2.45) is 7.05 Å². The van der Waals surface area contributed by atoms with Crippen molar-refractivity contribution in [2.45, 2.75) is 45.3 Å². The molecule has 0 fully saturated rings. The van der Waals surface area contributed by atoms with E-state index < -0.39 is 30.0 Å². The summed E-state index contributed by atoms with van der Waals surface area (Å²) in [7, 11) is 5.46. The average molecular weight is 534 g/mol. The highest BCUT2D eigenvalue weighted by atomic mass is 19.4. The topological polar surface area (TPSA) is 101 Å². The molecule has 0 radical (unpaired) electrons. The van der Waals surface area contributed by atoms with Gasteiger partial charge in [-0.05, 0) is 32.6 Å². The van der Waals surface area contributed by atoms with Crippen molar-refractivity contribution in [1.82, 2.24) is 29.0 Å². The van der Waals surface area contributed by atoms with E-state index >= 15 is 0 Å². The Kier molecular flexibility index (Phi) is 8.83. The van der Waals surface area contributed by atoms with Crippen molar-refractivity contribution in [2.75, 3.05) is 21.1 Å². The van der Waals surface area contributed by atoms with Crippen molar-refractivity contribution in [3.8, 4) is 0 Å². The first-order valence-corrected chi connectivity index (χ1v) is 10.9. The third kappa shape index (κ3) is 6.14. The van der Waals surface area contributed by atoms with Gasteiger partial charge in [0.15, 0.2) is 0 Å². The monoisotopic (exact) mass is 534 g/mol. The Balaban J connectivity index is 0.000000197. The first-order chi connectivity index (χ1) is 17.0. The zero-order valence-corrected chi connectivity index (χ0v) is 20.9. The van der Waals surface area contributed by atoms with E-state index in [1.807, 2.05) is 0 Å². The van der Waals surface area contributed by atoms with Gasteiger partial charge in [-0.15, -0.1) is 0 Å². The van der Waals surface area contributed by atoms with Gasteiger partial charge in [0.25, 0.3) is 17.7 Å². The Morgan fingerprint density at radius 2 is 1.38 bits per heavy atom. The van der Waals surface area contributed by atoms with Crippen LogP contribution in [0.1, 0.15) is 38.1 Å². The SMILES string of the molecule is C=C1N(C)C(=O)C=C(C(F)(F)F)N1C.CN1C(=O)C2=C(CCCC2)C1=O.Cc1nn(C)c(=O)n1C(F)F. The summed E-state index contributed by atoms with van der Waals surface area (Å²) in [6, 6.07) is 0. The fourth-order valence-corrected chi connectivity index (χ4v) is 3.78. The second-order valence-electron chi connectivity index (χ2n) is 8.33. The molecule has 204 valence electrons. The van der Waals surface area contributed by atoms with Gasteiger partial charge < -0.3 is 4.90 Å². The van der Waals surface area contributed by atoms with Crippen molar-refractivity contribution in [3.63, 3.8) is 0 Å². The molecule has 1 aliphatic carbocycles. The second kappa shape index (κ2) is 11.1. The Labute approximate surface area is 208 Å². The van der Waals surface area contributed by atoms with Crippen LogP contribution in [0.25, 0.3) is 0 Å². The number of carbonyl (C=O) groups excluding carboxylic acids is 3. The van der Waals surface area contributed by atoms with Gasteiger partial charge in [0, 0.05) is 45.4 Å². The summed E-state index contributed by atoms with van der Waals surface area (Å²) >= 11 is 0. The van der Waals surface area contributed by atoms with Gasteiger partial charge in [0.2, 0.25) is 0 Å². The lowest BCUT2D eigenvalue weighted by molar-refractivity contribution is -0.136. The molecular weight excluding hydrogens is 507 g/mol. The number of aryl methyl sites for hydroxylation is 2. The third-order valence-electron chi connectivity index (χ3n) is 5.93. The smallest absolute Gasteiger partial charge is 0.327 e. The van der Waals surface area contributed by atoms with Crippen LogP contribution in [-0.2, 0) is 21.4 Å². The van der Waals surface area contributed by atoms with E-state index in [0.717, 1.165) is 51.3 Å². The predicted octanol–water partition coefficient (Wildman–Crippen LogP) is 2.45. The van der Waals surface area contributed by atoms with Gasteiger partial charge in [0.05, 0.1) is 0 Å². The van der Waals surface area contributed by atoms with Gasteiger partial charge in [-0.3, -0.25) is 24.2 Å². The molecule has 0 N–H and O–H groups in total. The van der Waals surface area contributed by atoms with Crippen LogP contribution in [0.2, 0.25) is 0 Å². The Bertz CT molecular complexity index is 1200. The van der Waals surface area contributed by atoms with E-state index in [1.54, 1.807) is 7.05 Å². The molecule has 15 heteroatoms. The van der Waals surface area contributed by atoms with Crippen LogP contribution in [0.4, 0.5) is 22.0 Å². The van der Waals surface area contributed by atoms with E-state index in [-0.39, 0.29) is 23.5 Å². The molecule has 4 rings (SSSR count). The van der Waals surface area contributed by atoms with Gasteiger partial charge in [-0.25, -0.2) is 14.0 Å². The number of nitrogens with zero attached hydrogens (tertiary/aromatic N) is 6. The highest BCUT2D eigenvalue weighted by Gasteiger charge is 2.41. The number of carbonyl (C=O) groups is 3. The number of hydrogen-bond acceptors (Lipinski definition) is 6. The Morgan fingerprint density at radius 3 is 1.73 bits per heavy atom. The molecule has 0 bridgehead atoms. The minimum Gasteiger partial charge on any atom is -0.327 e. The molecule has 3 heterocycles. The van der Waals surface area contributed by atoms with Crippen LogP contribution in [-0.4, -0.2) is 74.1 Å². The molecular formula is C22H27F5N6O4. The van der Waals surface area contributed by atoms with Crippen molar-refractivity contribution in [1.29, 1.82) is 0 Å². The quantitative estimate of drug-likeness (QED) is 0.406. The van der Waals surface area contributed by atoms with Crippen LogP contribution < -0.4 is 5.69 Å². The van der Waals surface area contributed by atoms with Crippen LogP contribution in [0, 0.1) is 6.92 Å². The van der Waals surface area contributed by atoms with Crippen LogP contribution in [0.5, 0.6) is 0 Å². The summed E-state index contributed by atoms with van der Waals surface area (Å²) < 4.78 is 62.3. The van der Waals surface area contributed by atoms with Crippen molar-refractivity contribution >= 4 is 17.7 Å². The lowest BCUT2D eigenvalue weighted by atomic mass is 9.93. The minimum atomic E-state index is -4.53. The average Bonchev–Trinajstić information content (AvgIpc) is 3.21. The summed E-state index contributed by atoms with van der Waals surface area (Å²) in [5, 5.41) is 3.52. The molecule has 0 unspecified atom stereocenters. The molecule has 0 saturated carbocycles. The van der Waals surface area contributed by atoms with Crippen LogP contribution in [0.15, 0.2) is 40.1 Å². The van der Waals surface area contributed by atoms with E-state index in [9.17, 15) is 41.1 Å². The Hall–Kier alpha value is -3.78. The number of allylic oxidation sites excluding steroid dienone is 1. The van der Waals surface area contributed by atoms with E-state index in [0.29, 0.717) is 10.6 Å². The highest BCUT2D eigenvalue weighted by Crippen LogP contribution is 2.33.